The van der Waals surface area contributed by atoms with Crippen molar-refractivity contribution in [2.75, 3.05) is 0 Å². The van der Waals surface area contributed by atoms with Crippen molar-refractivity contribution in [2.24, 2.45) is 0 Å². The second-order valence-electron chi connectivity index (χ2n) is 4.55. The van der Waals surface area contributed by atoms with Gasteiger partial charge in [-0.3, -0.25) is 0 Å². The van der Waals surface area contributed by atoms with Crippen LogP contribution in [0.2, 0.25) is 0 Å². The highest BCUT2D eigenvalue weighted by atomic mass is 79.9. The lowest BCUT2D eigenvalue weighted by atomic mass is 9.85. The molecule has 0 saturated heterocycles. The molecule has 2 aromatic carbocycles. The van der Waals surface area contributed by atoms with Crippen molar-refractivity contribution >= 4 is 33.0 Å². The van der Waals surface area contributed by atoms with Crippen LogP contribution in [-0.4, -0.2) is 6.29 Å². The maximum absolute atomic E-state index is 11.0. The van der Waals surface area contributed by atoms with Crippen LogP contribution in [0.4, 0.5) is 0 Å². The van der Waals surface area contributed by atoms with Crippen LogP contribution in [0.3, 0.4) is 0 Å². The van der Waals surface area contributed by atoms with Gasteiger partial charge in [0.05, 0.1) is 0 Å². The molecule has 0 radical (unpaired) electrons. The van der Waals surface area contributed by atoms with Crippen molar-refractivity contribution in [3.8, 4) is 0 Å². The molecule has 2 rings (SSSR count). The number of hydrogen-bond acceptors (Lipinski definition) is 1. The van der Waals surface area contributed by atoms with Gasteiger partial charge in [0.2, 0.25) is 0 Å². The van der Waals surface area contributed by atoms with E-state index >= 15 is 0 Å². The summed E-state index contributed by atoms with van der Waals surface area (Å²) in [6, 6.07) is 12.3. The number of aldehydes is 1. The maximum atomic E-state index is 11.0. The Kier molecular flexibility index (Phi) is 2.85. The molecular weight excluding hydrogens is 264 g/mol. The van der Waals surface area contributed by atoms with E-state index in [-0.39, 0.29) is 0 Å². The van der Waals surface area contributed by atoms with Crippen LogP contribution in [-0.2, 0) is 10.2 Å². The summed E-state index contributed by atoms with van der Waals surface area (Å²) in [5.74, 6) is 0. The maximum Gasteiger partial charge on any atom is 0.129 e. The van der Waals surface area contributed by atoms with Crippen LogP contribution in [0, 0.1) is 0 Å². The summed E-state index contributed by atoms with van der Waals surface area (Å²) in [7, 11) is 0. The normalized spacial score (nSPS) is 11.7. The summed E-state index contributed by atoms with van der Waals surface area (Å²) in [5.41, 5.74) is 0.638. The quantitative estimate of drug-likeness (QED) is 0.756. The van der Waals surface area contributed by atoms with Gasteiger partial charge in [0.1, 0.15) is 6.29 Å². The van der Waals surface area contributed by atoms with Gasteiger partial charge in [-0.2, -0.15) is 0 Å². The third kappa shape index (κ3) is 2.03. The molecule has 0 aliphatic rings. The fourth-order valence-corrected chi connectivity index (χ4v) is 2.06. The van der Waals surface area contributed by atoms with Crippen molar-refractivity contribution in [1.82, 2.24) is 0 Å². The van der Waals surface area contributed by atoms with Gasteiger partial charge in [-0.15, -0.1) is 0 Å². The van der Waals surface area contributed by atoms with Gasteiger partial charge in [-0.1, -0.05) is 40.2 Å². The molecule has 0 aliphatic heterocycles. The van der Waals surface area contributed by atoms with Crippen molar-refractivity contribution in [3.05, 3.63) is 46.4 Å². The first-order valence-corrected chi connectivity index (χ1v) is 5.98. The molecule has 1 nitrogen and oxygen atoms in total. The molecule has 2 aromatic rings. The van der Waals surface area contributed by atoms with Gasteiger partial charge in [-0.25, -0.2) is 0 Å². The SMILES string of the molecule is CC(C)(C=O)c1ccc2cc(Br)ccc2c1. The Hall–Kier alpha value is -1.15. The van der Waals surface area contributed by atoms with E-state index in [9.17, 15) is 4.79 Å². The van der Waals surface area contributed by atoms with E-state index in [2.05, 4.69) is 40.2 Å². The van der Waals surface area contributed by atoms with E-state index in [1.54, 1.807) is 0 Å². The average molecular weight is 277 g/mol. The molecule has 0 aliphatic carbocycles. The Morgan fingerprint density at radius 3 is 2.38 bits per heavy atom. The fourth-order valence-electron chi connectivity index (χ4n) is 1.69. The lowest BCUT2D eigenvalue weighted by Gasteiger charge is -2.17. The van der Waals surface area contributed by atoms with E-state index in [1.807, 2.05) is 26.0 Å². The monoisotopic (exact) mass is 276 g/mol. The predicted octanol–water partition coefficient (Wildman–Crippen LogP) is 4.08. The zero-order valence-electron chi connectivity index (χ0n) is 9.33. The van der Waals surface area contributed by atoms with Crippen molar-refractivity contribution in [1.29, 1.82) is 0 Å². The molecule has 0 N–H and O–H groups in total. The zero-order valence-corrected chi connectivity index (χ0v) is 10.9. The summed E-state index contributed by atoms with van der Waals surface area (Å²) in [5, 5.41) is 2.34. The van der Waals surface area contributed by atoms with Gasteiger partial charge in [0, 0.05) is 9.89 Å². The molecule has 0 aromatic heterocycles. The predicted molar refractivity (Wildman–Crippen MR) is 70.7 cm³/mol. The lowest BCUT2D eigenvalue weighted by Crippen LogP contribution is -2.18. The molecule has 0 atom stereocenters. The minimum Gasteiger partial charge on any atom is -0.302 e. The smallest absolute Gasteiger partial charge is 0.129 e. The molecule has 0 saturated carbocycles. The summed E-state index contributed by atoms with van der Waals surface area (Å²) in [6.07, 6.45) is 0.993. The van der Waals surface area contributed by atoms with Crippen LogP contribution in [0.15, 0.2) is 40.9 Å². The first-order valence-electron chi connectivity index (χ1n) is 5.19. The highest BCUT2D eigenvalue weighted by Crippen LogP contribution is 2.26. The Bertz CT molecular complexity index is 543. The zero-order chi connectivity index (χ0) is 11.8. The van der Waals surface area contributed by atoms with E-state index in [4.69, 9.17) is 0 Å². The van der Waals surface area contributed by atoms with Gasteiger partial charge < -0.3 is 4.79 Å². The minimum absolute atomic E-state index is 0.415. The molecule has 82 valence electrons. The third-order valence-corrected chi connectivity index (χ3v) is 3.33. The number of carbonyl (C=O) groups is 1. The highest BCUT2D eigenvalue weighted by molar-refractivity contribution is 9.10. The Morgan fingerprint density at radius 2 is 1.69 bits per heavy atom. The van der Waals surface area contributed by atoms with E-state index in [0.717, 1.165) is 21.7 Å². The van der Waals surface area contributed by atoms with E-state index in [1.165, 1.54) is 5.39 Å². The van der Waals surface area contributed by atoms with Gasteiger partial charge in [0.25, 0.3) is 0 Å². The van der Waals surface area contributed by atoms with E-state index in [0.29, 0.717) is 0 Å². The van der Waals surface area contributed by atoms with Crippen LogP contribution in [0.5, 0.6) is 0 Å². The Labute approximate surface area is 104 Å². The second kappa shape index (κ2) is 4.02. The fraction of sp³-hybridized carbons (Fsp3) is 0.214. The Morgan fingerprint density at radius 1 is 1.06 bits per heavy atom. The van der Waals surface area contributed by atoms with Gasteiger partial charge in [-0.05, 0) is 42.3 Å². The highest BCUT2D eigenvalue weighted by Gasteiger charge is 2.19. The van der Waals surface area contributed by atoms with Crippen LogP contribution >= 0.6 is 15.9 Å². The number of rotatable bonds is 2. The number of fused-ring (bicyclic) bond motifs is 1. The molecule has 0 amide bonds. The van der Waals surface area contributed by atoms with Crippen molar-refractivity contribution < 1.29 is 4.79 Å². The number of benzene rings is 2. The lowest BCUT2D eigenvalue weighted by molar-refractivity contribution is -0.111. The summed E-state index contributed by atoms with van der Waals surface area (Å²) in [6.45, 7) is 3.86. The van der Waals surface area contributed by atoms with Crippen LogP contribution in [0.25, 0.3) is 10.8 Å². The second-order valence-corrected chi connectivity index (χ2v) is 5.46. The van der Waals surface area contributed by atoms with Crippen molar-refractivity contribution in [3.63, 3.8) is 0 Å². The van der Waals surface area contributed by atoms with Crippen LogP contribution < -0.4 is 0 Å². The molecule has 16 heavy (non-hydrogen) atoms. The average Bonchev–Trinajstić information content (AvgIpc) is 2.28. The summed E-state index contributed by atoms with van der Waals surface area (Å²) in [4.78, 5) is 11.0. The van der Waals surface area contributed by atoms with E-state index < -0.39 is 5.41 Å². The first kappa shape index (κ1) is 11.3. The molecule has 0 bridgehead atoms. The number of halogens is 1. The third-order valence-electron chi connectivity index (χ3n) is 2.84. The molecular formula is C14H13BrO. The minimum atomic E-state index is -0.415. The first-order chi connectivity index (χ1) is 7.53. The van der Waals surface area contributed by atoms with Gasteiger partial charge >= 0.3 is 0 Å². The largest absolute Gasteiger partial charge is 0.302 e. The number of hydrogen-bond donors (Lipinski definition) is 0. The molecule has 2 heteroatoms. The molecule has 0 heterocycles. The van der Waals surface area contributed by atoms with Crippen molar-refractivity contribution in [2.45, 2.75) is 19.3 Å². The summed E-state index contributed by atoms with van der Waals surface area (Å²) < 4.78 is 1.07. The number of carbonyl (C=O) groups excluding carboxylic acids is 1. The van der Waals surface area contributed by atoms with Crippen LogP contribution in [0.1, 0.15) is 19.4 Å². The topological polar surface area (TPSA) is 17.1 Å². The molecule has 0 unspecified atom stereocenters. The van der Waals surface area contributed by atoms with Gasteiger partial charge in [0.15, 0.2) is 0 Å². The Balaban J connectivity index is 2.61. The molecule has 0 spiro atoms. The molecule has 0 fully saturated rings. The summed E-state index contributed by atoms with van der Waals surface area (Å²) >= 11 is 3.45. The standard InChI is InChI=1S/C14H13BrO/c1-14(2,9-16)12-5-3-11-8-13(15)6-4-10(11)7-12/h3-9H,1-2H3.